The molecule has 6 heteroatoms. The van der Waals surface area contributed by atoms with Crippen LogP contribution in [0.15, 0.2) is 30.9 Å². The van der Waals surface area contributed by atoms with Gasteiger partial charge in [-0.05, 0) is 43.0 Å². The molecule has 0 aliphatic carbocycles. The summed E-state index contributed by atoms with van der Waals surface area (Å²) < 4.78 is 13.9. The summed E-state index contributed by atoms with van der Waals surface area (Å²) in [5.74, 6) is 0.754. The van der Waals surface area contributed by atoms with Crippen molar-refractivity contribution >= 4 is 11.6 Å². The molecule has 0 saturated carbocycles. The molecule has 1 aromatic carbocycles. The minimum Gasteiger partial charge on any atom is -0.466 e. The molecule has 0 bridgehead atoms. The molecular weight excluding hydrogens is 314 g/mol. The van der Waals surface area contributed by atoms with E-state index in [2.05, 4.69) is 30.9 Å². The van der Waals surface area contributed by atoms with Crippen molar-refractivity contribution in [2.24, 2.45) is 5.41 Å². The lowest BCUT2D eigenvalue weighted by Crippen LogP contribution is -2.41. The van der Waals surface area contributed by atoms with Crippen LogP contribution in [0.3, 0.4) is 0 Å². The van der Waals surface area contributed by atoms with E-state index in [9.17, 15) is 0 Å². The van der Waals surface area contributed by atoms with Gasteiger partial charge in [0.15, 0.2) is 0 Å². The predicted molar refractivity (Wildman–Crippen MR) is 90.7 cm³/mol. The van der Waals surface area contributed by atoms with Crippen molar-refractivity contribution < 1.29 is 9.47 Å². The fourth-order valence-corrected chi connectivity index (χ4v) is 2.64. The van der Waals surface area contributed by atoms with E-state index in [0.717, 1.165) is 11.3 Å². The number of aryl methyl sites for hydroxylation is 1. The maximum Gasteiger partial charge on any atom is 0.219 e. The van der Waals surface area contributed by atoms with Crippen LogP contribution in [0.2, 0.25) is 5.02 Å². The third-order valence-corrected chi connectivity index (χ3v) is 3.78. The van der Waals surface area contributed by atoms with Crippen LogP contribution in [0, 0.1) is 12.3 Å². The van der Waals surface area contributed by atoms with Gasteiger partial charge in [0, 0.05) is 11.6 Å². The van der Waals surface area contributed by atoms with Crippen molar-refractivity contribution in [2.45, 2.75) is 47.0 Å². The average molecular weight is 338 g/mol. The number of hydrogen-bond acceptors (Lipinski definition) is 4. The first-order chi connectivity index (χ1) is 10.8. The molecule has 0 radical (unpaired) electrons. The molecule has 2 unspecified atom stereocenters. The average Bonchev–Trinajstić information content (AvgIpc) is 2.97. The minimum atomic E-state index is -0.419. The molecule has 126 valence electrons. The third-order valence-electron chi connectivity index (χ3n) is 3.54. The largest absolute Gasteiger partial charge is 0.466 e. The standard InChI is InChI=1S/C17H24ClN3O2/c1-6-22-15(17(3,4)5)16(21-11-19-10-20-21)23-14-8-7-13(18)9-12(14)2/h7-11,15-16H,6H2,1-5H3. The number of rotatable bonds is 6. The Morgan fingerprint density at radius 1 is 1.30 bits per heavy atom. The van der Waals surface area contributed by atoms with Crippen molar-refractivity contribution in [3.8, 4) is 5.75 Å². The summed E-state index contributed by atoms with van der Waals surface area (Å²) in [4.78, 5) is 4.04. The van der Waals surface area contributed by atoms with Crippen molar-refractivity contribution in [1.29, 1.82) is 0 Å². The van der Waals surface area contributed by atoms with Crippen molar-refractivity contribution in [2.75, 3.05) is 6.61 Å². The van der Waals surface area contributed by atoms with Crippen LogP contribution in [0.4, 0.5) is 0 Å². The molecule has 0 aliphatic heterocycles. The van der Waals surface area contributed by atoms with E-state index < -0.39 is 6.23 Å². The zero-order valence-corrected chi connectivity index (χ0v) is 15.0. The maximum absolute atomic E-state index is 6.26. The second kappa shape index (κ2) is 7.32. The van der Waals surface area contributed by atoms with Crippen LogP contribution in [0.1, 0.15) is 39.5 Å². The molecule has 23 heavy (non-hydrogen) atoms. The monoisotopic (exact) mass is 337 g/mol. The quantitative estimate of drug-likeness (QED) is 0.789. The van der Waals surface area contributed by atoms with Gasteiger partial charge in [0.05, 0.1) is 0 Å². The number of ether oxygens (including phenoxy) is 2. The van der Waals surface area contributed by atoms with Crippen LogP contribution >= 0.6 is 11.6 Å². The van der Waals surface area contributed by atoms with Crippen LogP contribution < -0.4 is 4.74 Å². The van der Waals surface area contributed by atoms with E-state index in [4.69, 9.17) is 21.1 Å². The van der Waals surface area contributed by atoms with Crippen LogP contribution in [0.5, 0.6) is 5.75 Å². The number of benzene rings is 1. The van der Waals surface area contributed by atoms with Crippen LogP contribution in [-0.2, 0) is 4.74 Å². The summed E-state index contributed by atoms with van der Waals surface area (Å²) >= 11 is 6.03. The molecule has 1 aromatic heterocycles. The van der Waals surface area contributed by atoms with Crippen LogP contribution in [-0.4, -0.2) is 27.5 Å². The Morgan fingerprint density at radius 3 is 2.57 bits per heavy atom. The highest BCUT2D eigenvalue weighted by molar-refractivity contribution is 6.30. The number of hydrogen-bond donors (Lipinski definition) is 0. The highest BCUT2D eigenvalue weighted by Crippen LogP contribution is 2.34. The molecule has 2 atom stereocenters. The SMILES string of the molecule is CCOC(C(Oc1ccc(Cl)cc1C)n1cncn1)C(C)(C)C. The highest BCUT2D eigenvalue weighted by Gasteiger charge is 2.36. The second-order valence-corrected chi connectivity index (χ2v) is 6.97. The van der Waals surface area contributed by atoms with E-state index in [1.54, 1.807) is 11.0 Å². The Hall–Kier alpha value is -1.59. The van der Waals surface area contributed by atoms with Gasteiger partial charge in [-0.1, -0.05) is 32.4 Å². The zero-order chi connectivity index (χ0) is 17.0. The summed E-state index contributed by atoms with van der Waals surface area (Å²) in [5, 5.41) is 4.94. The molecule has 0 fully saturated rings. The molecule has 5 nitrogen and oxygen atoms in total. The third kappa shape index (κ3) is 4.45. The van der Waals surface area contributed by atoms with Gasteiger partial charge in [-0.25, -0.2) is 9.67 Å². The van der Waals surface area contributed by atoms with E-state index in [0.29, 0.717) is 11.6 Å². The minimum absolute atomic E-state index is 0.132. The topological polar surface area (TPSA) is 49.2 Å². The molecule has 2 aromatic rings. The summed E-state index contributed by atoms with van der Waals surface area (Å²) in [6.45, 7) is 10.9. The molecule has 1 heterocycles. The fraction of sp³-hybridized carbons (Fsp3) is 0.529. The summed E-state index contributed by atoms with van der Waals surface area (Å²) in [7, 11) is 0. The number of halogens is 1. The van der Waals surface area contributed by atoms with E-state index in [1.165, 1.54) is 6.33 Å². The summed E-state index contributed by atoms with van der Waals surface area (Å²) in [6, 6.07) is 5.56. The Morgan fingerprint density at radius 2 is 2.04 bits per heavy atom. The maximum atomic E-state index is 6.26. The van der Waals surface area contributed by atoms with Crippen molar-refractivity contribution in [3.63, 3.8) is 0 Å². The zero-order valence-electron chi connectivity index (χ0n) is 14.3. The Labute approximate surface area is 142 Å². The van der Waals surface area contributed by atoms with E-state index in [1.807, 2.05) is 32.0 Å². The van der Waals surface area contributed by atoms with Gasteiger partial charge >= 0.3 is 0 Å². The molecule has 0 spiro atoms. The first-order valence-electron chi connectivity index (χ1n) is 7.71. The van der Waals surface area contributed by atoms with Crippen molar-refractivity contribution in [1.82, 2.24) is 14.8 Å². The number of nitrogens with zero attached hydrogens (tertiary/aromatic N) is 3. The Bertz CT molecular complexity index is 623. The Balaban J connectivity index is 2.38. The lowest BCUT2D eigenvalue weighted by Gasteiger charge is -2.36. The molecule has 0 amide bonds. The van der Waals surface area contributed by atoms with Gasteiger partial charge in [-0.15, -0.1) is 0 Å². The highest BCUT2D eigenvalue weighted by atomic mass is 35.5. The second-order valence-electron chi connectivity index (χ2n) is 6.54. The van der Waals surface area contributed by atoms with Gasteiger partial charge in [0.2, 0.25) is 6.23 Å². The lowest BCUT2D eigenvalue weighted by molar-refractivity contribution is -0.111. The lowest BCUT2D eigenvalue weighted by atomic mass is 9.87. The van der Waals surface area contributed by atoms with E-state index in [-0.39, 0.29) is 11.5 Å². The van der Waals surface area contributed by atoms with Gasteiger partial charge < -0.3 is 9.47 Å². The normalized spacial score (nSPS) is 14.5. The van der Waals surface area contributed by atoms with Crippen LogP contribution in [0.25, 0.3) is 0 Å². The molecular formula is C17H24ClN3O2. The Kier molecular flexibility index (Phi) is 5.65. The van der Waals surface area contributed by atoms with E-state index >= 15 is 0 Å². The van der Waals surface area contributed by atoms with Crippen molar-refractivity contribution in [3.05, 3.63) is 41.4 Å². The first-order valence-corrected chi connectivity index (χ1v) is 8.09. The molecule has 0 saturated heterocycles. The molecule has 2 rings (SSSR count). The smallest absolute Gasteiger partial charge is 0.219 e. The summed E-state index contributed by atoms with van der Waals surface area (Å²) in [5.41, 5.74) is 0.833. The number of aromatic nitrogens is 3. The predicted octanol–water partition coefficient (Wildman–Crippen LogP) is 4.27. The molecule has 0 N–H and O–H groups in total. The van der Waals surface area contributed by atoms with Gasteiger partial charge in [-0.2, -0.15) is 5.10 Å². The van der Waals surface area contributed by atoms with Gasteiger partial charge in [-0.3, -0.25) is 0 Å². The molecule has 0 aliphatic rings. The van der Waals surface area contributed by atoms with Gasteiger partial charge in [0.1, 0.15) is 24.5 Å². The first kappa shape index (κ1) is 17.8. The van der Waals surface area contributed by atoms with Gasteiger partial charge in [0.25, 0.3) is 0 Å². The fourth-order valence-electron chi connectivity index (χ4n) is 2.42. The summed E-state index contributed by atoms with van der Waals surface area (Å²) in [6.07, 6.45) is 2.53.